The number of pyridine rings is 1. The van der Waals surface area contributed by atoms with Crippen molar-refractivity contribution in [2.75, 3.05) is 13.1 Å². The third kappa shape index (κ3) is 4.37. The van der Waals surface area contributed by atoms with Crippen LogP contribution in [0.5, 0.6) is 0 Å². The highest BCUT2D eigenvalue weighted by molar-refractivity contribution is 5.94. The first-order valence-corrected chi connectivity index (χ1v) is 9.98. The Kier molecular flexibility index (Phi) is 5.71. The summed E-state index contributed by atoms with van der Waals surface area (Å²) in [5.74, 6) is 1.79. The van der Waals surface area contributed by atoms with Crippen molar-refractivity contribution in [2.45, 2.75) is 39.4 Å². The zero-order valence-corrected chi connectivity index (χ0v) is 16.8. The van der Waals surface area contributed by atoms with Gasteiger partial charge in [-0.25, -0.2) is 0 Å². The zero-order valence-electron chi connectivity index (χ0n) is 16.8. The minimum Gasteiger partial charge on any atom is -0.472 e. The highest BCUT2D eigenvalue weighted by Crippen LogP contribution is 2.23. The SMILES string of the molecule is CC(C)[C@H](NC(=O)c1ccoc1)c1nnc2n1CCN(Cc1cccnc1)CC2. The van der Waals surface area contributed by atoms with Gasteiger partial charge in [-0.1, -0.05) is 19.9 Å². The summed E-state index contributed by atoms with van der Waals surface area (Å²) in [4.78, 5) is 19.2. The molecule has 1 atom stereocenters. The van der Waals surface area contributed by atoms with E-state index in [4.69, 9.17) is 4.42 Å². The number of rotatable bonds is 6. The Morgan fingerprint density at radius 2 is 2.14 bits per heavy atom. The minimum atomic E-state index is -0.219. The Morgan fingerprint density at radius 1 is 1.24 bits per heavy atom. The van der Waals surface area contributed by atoms with Crippen LogP contribution < -0.4 is 5.32 Å². The largest absolute Gasteiger partial charge is 0.472 e. The maximum absolute atomic E-state index is 12.6. The maximum Gasteiger partial charge on any atom is 0.255 e. The summed E-state index contributed by atoms with van der Waals surface area (Å²) in [6.07, 6.45) is 7.49. The van der Waals surface area contributed by atoms with E-state index >= 15 is 0 Å². The molecule has 4 heterocycles. The molecular weight excluding hydrogens is 368 g/mol. The molecule has 29 heavy (non-hydrogen) atoms. The average molecular weight is 394 g/mol. The number of carbonyl (C=O) groups excluding carboxylic acids is 1. The van der Waals surface area contributed by atoms with Crippen molar-refractivity contribution in [2.24, 2.45) is 5.92 Å². The molecule has 8 nitrogen and oxygen atoms in total. The van der Waals surface area contributed by atoms with Crippen molar-refractivity contribution < 1.29 is 9.21 Å². The van der Waals surface area contributed by atoms with E-state index in [2.05, 4.69) is 49.9 Å². The first kappa shape index (κ1) is 19.3. The number of carbonyl (C=O) groups is 1. The smallest absolute Gasteiger partial charge is 0.255 e. The Bertz CT molecular complexity index is 936. The van der Waals surface area contributed by atoms with E-state index < -0.39 is 0 Å². The van der Waals surface area contributed by atoms with Gasteiger partial charge in [-0.15, -0.1) is 10.2 Å². The lowest BCUT2D eigenvalue weighted by atomic mass is 10.0. The van der Waals surface area contributed by atoms with Crippen LogP contribution in [0.2, 0.25) is 0 Å². The molecule has 0 radical (unpaired) electrons. The number of furan rings is 1. The second-order valence-corrected chi connectivity index (χ2v) is 7.72. The molecule has 0 saturated heterocycles. The first-order chi connectivity index (χ1) is 14.1. The first-order valence-electron chi connectivity index (χ1n) is 9.98. The molecular formula is C21H26N6O2. The standard InChI is InChI=1S/C21H26N6O2/c1-15(2)19(23-21(28)17-6-11-29-14-17)20-25-24-18-5-8-26(9-10-27(18)20)13-16-4-3-7-22-12-16/h3-4,6-7,11-12,14-15,19H,5,8-10,13H2,1-2H3,(H,23,28)/t19-/m0/s1. The summed E-state index contributed by atoms with van der Waals surface area (Å²) in [5, 5.41) is 12.0. The monoisotopic (exact) mass is 394 g/mol. The molecule has 4 rings (SSSR count). The average Bonchev–Trinajstić information content (AvgIpc) is 3.35. The predicted molar refractivity (Wildman–Crippen MR) is 107 cm³/mol. The van der Waals surface area contributed by atoms with Crippen LogP contribution in [-0.4, -0.2) is 43.6 Å². The molecule has 0 spiro atoms. The van der Waals surface area contributed by atoms with E-state index in [1.165, 1.54) is 18.1 Å². The molecule has 1 N–H and O–H groups in total. The molecule has 0 aromatic carbocycles. The van der Waals surface area contributed by atoms with Crippen LogP contribution in [0, 0.1) is 5.92 Å². The fourth-order valence-electron chi connectivity index (χ4n) is 3.67. The van der Waals surface area contributed by atoms with Gasteiger partial charge in [-0.2, -0.15) is 0 Å². The third-order valence-electron chi connectivity index (χ3n) is 5.29. The number of aromatic nitrogens is 4. The number of hydrogen-bond donors (Lipinski definition) is 1. The van der Waals surface area contributed by atoms with Crippen molar-refractivity contribution >= 4 is 5.91 Å². The van der Waals surface area contributed by atoms with Crippen molar-refractivity contribution in [3.05, 3.63) is 65.9 Å². The van der Waals surface area contributed by atoms with E-state index in [1.807, 2.05) is 12.3 Å². The summed E-state index contributed by atoms with van der Waals surface area (Å²) in [6.45, 7) is 7.63. The Hall–Kier alpha value is -3.00. The lowest BCUT2D eigenvalue weighted by molar-refractivity contribution is 0.0921. The third-order valence-corrected chi connectivity index (χ3v) is 5.29. The summed E-state index contributed by atoms with van der Waals surface area (Å²) >= 11 is 0. The highest BCUT2D eigenvalue weighted by atomic mass is 16.3. The van der Waals surface area contributed by atoms with Crippen molar-refractivity contribution in [3.63, 3.8) is 0 Å². The van der Waals surface area contributed by atoms with Crippen LogP contribution in [-0.2, 0) is 19.5 Å². The molecule has 0 unspecified atom stereocenters. The van der Waals surface area contributed by atoms with Gasteiger partial charge >= 0.3 is 0 Å². The fourth-order valence-corrected chi connectivity index (χ4v) is 3.67. The molecule has 1 amide bonds. The van der Waals surface area contributed by atoms with Crippen LogP contribution in [0.15, 0.2) is 47.5 Å². The summed E-state index contributed by atoms with van der Waals surface area (Å²) < 4.78 is 7.20. The molecule has 3 aromatic rings. The topological polar surface area (TPSA) is 89.1 Å². The predicted octanol–water partition coefficient (Wildman–Crippen LogP) is 2.45. The summed E-state index contributed by atoms with van der Waals surface area (Å²) in [5.41, 5.74) is 1.71. The van der Waals surface area contributed by atoms with E-state index in [1.54, 1.807) is 12.3 Å². The van der Waals surface area contributed by atoms with Crippen LogP contribution in [0.25, 0.3) is 0 Å². The fraction of sp³-hybridized carbons (Fsp3) is 0.429. The molecule has 1 aliphatic heterocycles. The lowest BCUT2D eigenvalue weighted by Gasteiger charge is -2.23. The van der Waals surface area contributed by atoms with E-state index in [9.17, 15) is 4.79 Å². The second-order valence-electron chi connectivity index (χ2n) is 7.72. The molecule has 1 aliphatic rings. The van der Waals surface area contributed by atoms with Gasteiger partial charge in [0.1, 0.15) is 12.1 Å². The van der Waals surface area contributed by atoms with Gasteiger partial charge in [0.15, 0.2) is 5.82 Å². The van der Waals surface area contributed by atoms with Crippen LogP contribution >= 0.6 is 0 Å². The number of nitrogens with zero attached hydrogens (tertiary/aromatic N) is 5. The van der Waals surface area contributed by atoms with Crippen molar-refractivity contribution in [1.29, 1.82) is 0 Å². The molecule has 152 valence electrons. The van der Waals surface area contributed by atoms with Gasteiger partial charge in [0.2, 0.25) is 0 Å². The highest BCUT2D eigenvalue weighted by Gasteiger charge is 2.28. The molecule has 3 aromatic heterocycles. The van der Waals surface area contributed by atoms with Gasteiger partial charge in [-0.3, -0.25) is 14.7 Å². The van der Waals surface area contributed by atoms with E-state index in [0.717, 1.165) is 44.2 Å². The number of hydrogen-bond acceptors (Lipinski definition) is 6. The molecule has 0 fully saturated rings. The molecule has 0 aliphatic carbocycles. The Balaban J connectivity index is 1.49. The van der Waals surface area contributed by atoms with Gasteiger partial charge in [-0.05, 0) is 23.6 Å². The summed E-state index contributed by atoms with van der Waals surface area (Å²) in [6, 6.07) is 5.51. The Labute approximate surface area is 170 Å². The number of amides is 1. The van der Waals surface area contributed by atoms with Crippen LogP contribution in [0.1, 0.15) is 47.5 Å². The van der Waals surface area contributed by atoms with Crippen molar-refractivity contribution in [1.82, 2.24) is 30.0 Å². The van der Waals surface area contributed by atoms with Crippen molar-refractivity contribution in [3.8, 4) is 0 Å². The van der Waals surface area contributed by atoms with Gasteiger partial charge in [0, 0.05) is 45.0 Å². The molecule has 8 heteroatoms. The van der Waals surface area contributed by atoms with E-state index in [-0.39, 0.29) is 17.9 Å². The second kappa shape index (κ2) is 8.57. The summed E-state index contributed by atoms with van der Waals surface area (Å²) in [7, 11) is 0. The zero-order chi connectivity index (χ0) is 20.2. The molecule has 0 saturated carbocycles. The molecule has 0 bridgehead atoms. The van der Waals surface area contributed by atoms with Crippen LogP contribution in [0.4, 0.5) is 0 Å². The van der Waals surface area contributed by atoms with E-state index in [0.29, 0.717) is 5.56 Å². The Morgan fingerprint density at radius 3 is 2.86 bits per heavy atom. The minimum absolute atomic E-state index is 0.165. The van der Waals surface area contributed by atoms with Gasteiger partial charge in [0.05, 0.1) is 17.9 Å². The maximum atomic E-state index is 12.6. The van der Waals surface area contributed by atoms with Crippen LogP contribution in [0.3, 0.4) is 0 Å². The number of fused-ring (bicyclic) bond motifs is 1. The van der Waals surface area contributed by atoms with Gasteiger partial charge in [0.25, 0.3) is 5.91 Å². The quantitative estimate of drug-likeness (QED) is 0.691. The lowest BCUT2D eigenvalue weighted by Crippen LogP contribution is -2.34. The van der Waals surface area contributed by atoms with Gasteiger partial charge < -0.3 is 14.3 Å². The normalized spacial score (nSPS) is 15.7. The number of nitrogens with one attached hydrogen (secondary N) is 1.